The molecule has 3 N–H and O–H groups in total. The Labute approximate surface area is 129 Å². The molecule has 0 aliphatic heterocycles. The lowest BCUT2D eigenvalue weighted by molar-refractivity contribution is -0.121. The van der Waals surface area contributed by atoms with Gasteiger partial charge in [0.2, 0.25) is 17.7 Å². The van der Waals surface area contributed by atoms with Crippen molar-refractivity contribution in [2.75, 3.05) is 37.8 Å². The number of hydrogen-bond acceptors (Lipinski definition) is 4. The molecule has 0 heterocycles. The number of carbonyl (C=O) groups excluding carboxylic acids is 3. The third-order valence-corrected chi connectivity index (χ3v) is 3.27. The first-order valence-electron chi connectivity index (χ1n) is 6.79. The second-order valence-electron chi connectivity index (χ2n) is 4.22. The van der Waals surface area contributed by atoms with Crippen LogP contribution in [0.25, 0.3) is 0 Å². The lowest BCUT2D eigenvalue weighted by Crippen LogP contribution is -2.33. The van der Waals surface area contributed by atoms with E-state index in [0.29, 0.717) is 38.2 Å². The average molecular weight is 320 g/mol. The maximum absolute atomic E-state index is 11.8. The number of carbonyl (C=O) groups is 3. The first-order chi connectivity index (χ1) is 10.1. The summed E-state index contributed by atoms with van der Waals surface area (Å²) >= 11 is 1.37. The van der Waals surface area contributed by atoms with Crippen LogP contribution in [0, 0.1) is 6.42 Å². The summed E-state index contributed by atoms with van der Waals surface area (Å²) in [7, 11) is 0. The third kappa shape index (κ3) is 14.9. The zero-order chi connectivity index (χ0) is 15.9. The van der Waals surface area contributed by atoms with Gasteiger partial charge in [-0.3, -0.25) is 18.8 Å². The lowest BCUT2D eigenvalue weighted by Gasteiger charge is -2.06. The van der Waals surface area contributed by atoms with E-state index in [1.807, 2.05) is 0 Å². The van der Waals surface area contributed by atoms with Crippen molar-refractivity contribution in [2.24, 2.45) is 0 Å². The zero-order valence-corrected chi connectivity index (χ0v) is 13.1. The second-order valence-corrected chi connectivity index (χ2v) is 5.32. The van der Waals surface area contributed by atoms with Gasteiger partial charge >= 0.3 is 0 Å². The maximum atomic E-state index is 11.8. The first-order valence-corrected chi connectivity index (χ1v) is 7.95. The van der Waals surface area contributed by atoms with Gasteiger partial charge in [0.15, 0.2) is 0 Å². The number of alkyl halides is 1. The van der Waals surface area contributed by atoms with Crippen molar-refractivity contribution >= 4 is 29.5 Å². The predicted octanol–water partition coefficient (Wildman–Crippen LogP) is 0.0421. The molecule has 0 unspecified atom stereocenters. The fraction of sp³-hybridized carbons (Fsp3) is 0.692. The molecule has 3 amide bonds. The normalized spacial score (nSPS) is 10.0. The van der Waals surface area contributed by atoms with Crippen molar-refractivity contribution in [2.45, 2.75) is 19.8 Å². The molecular weight excluding hydrogens is 297 g/mol. The van der Waals surface area contributed by atoms with Crippen LogP contribution in [0.5, 0.6) is 0 Å². The summed E-state index contributed by atoms with van der Waals surface area (Å²) < 4.78 is 11.8. The van der Waals surface area contributed by atoms with Crippen molar-refractivity contribution in [3.8, 4) is 0 Å². The zero-order valence-electron chi connectivity index (χ0n) is 12.2. The third-order valence-electron chi connectivity index (χ3n) is 2.31. The van der Waals surface area contributed by atoms with Gasteiger partial charge in [-0.05, 0) is 12.8 Å². The fourth-order valence-corrected chi connectivity index (χ4v) is 2.06. The highest BCUT2D eigenvalue weighted by molar-refractivity contribution is 7.99. The van der Waals surface area contributed by atoms with Crippen molar-refractivity contribution in [3.05, 3.63) is 6.42 Å². The molecule has 0 saturated carbocycles. The van der Waals surface area contributed by atoms with Crippen molar-refractivity contribution in [1.82, 2.24) is 16.0 Å². The Bertz CT molecular complexity index is 330. The Kier molecular flexibility index (Phi) is 12.8. The van der Waals surface area contributed by atoms with Crippen LogP contribution in [0.2, 0.25) is 0 Å². The Morgan fingerprint density at radius 2 is 1.71 bits per heavy atom. The van der Waals surface area contributed by atoms with Crippen LogP contribution in [0.4, 0.5) is 4.39 Å². The summed E-state index contributed by atoms with van der Waals surface area (Å²) in [5, 5.41) is 7.90. The number of halogens is 1. The molecule has 0 bridgehead atoms. The number of thioether (sulfide) groups is 1. The molecule has 0 spiro atoms. The van der Waals surface area contributed by atoms with Crippen LogP contribution >= 0.6 is 11.8 Å². The molecule has 1 radical (unpaired) electrons. The van der Waals surface area contributed by atoms with E-state index in [1.165, 1.54) is 25.1 Å². The smallest absolute Gasteiger partial charge is 0.229 e. The topological polar surface area (TPSA) is 87.3 Å². The molecule has 0 saturated heterocycles. The summed E-state index contributed by atoms with van der Waals surface area (Å²) in [6.45, 7) is 2.18. The fourth-order valence-electron chi connectivity index (χ4n) is 1.30. The number of amides is 3. The first kappa shape index (κ1) is 19.7. The molecule has 0 aliphatic rings. The van der Waals surface area contributed by atoms with E-state index in [1.54, 1.807) is 0 Å². The van der Waals surface area contributed by atoms with E-state index in [0.717, 1.165) is 0 Å². The van der Waals surface area contributed by atoms with Gasteiger partial charge in [-0.15, -0.1) is 0 Å². The maximum Gasteiger partial charge on any atom is 0.229 e. The Morgan fingerprint density at radius 1 is 1.05 bits per heavy atom. The molecule has 0 fully saturated rings. The Balaban J connectivity index is 3.38. The van der Waals surface area contributed by atoms with Crippen LogP contribution in [0.15, 0.2) is 0 Å². The number of nitrogens with one attached hydrogen (secondary N) is 3. The minimum absolute atomic E-state index is 0.106. The highest BCUT2D eigenvalue weighted by atomic mass is 32.2. The highest BCUT2D eigenvalue weighted by Gasteiger charge is 2.04. The molecule has 0 rings (SSSR count). The standard InChI is InChI=1S/C13H23FN3O3S/c1-11(18)15-7-8-17-12(19)4-9-21-10-13(20)16-6-3-2-5-14/h2H,3-10H2,1H3,(H,15,18)(H,16,20)(H,17,19). The Hall–Kier alpha value is -1.31. The molecule has 8 heteroatoms. The van der Waals surface area contributed by atoms with Gasteiger partial charge in [0, 0.05) is 38.7 Å². The largest absolute Gasteiger partial charge is 0.355 e. The lowest BCUT2D eigenvalue weighted by atomic mass is 10.3. The van der Waals surface area contributed by atoms with Crippen LogP contribution in [-0.4, -0.2) is 55.5 Å². The molecule has 0 aliphatic carbocycles. The van der Waals surface area contributed by atoms with Crippen molar-refractivity contribution < 1.29 is 18.8 Å². The number of rotatable bonds is 12. The summed E-state index contributed by atoms with van der Waals surface area (Å²) in [6, 6.07) is 0. The van der Waals surface area contributed by atoms with Gasteiger partial charge in [0.05, 0.1) is 12.4 Å². The van der Waals surface area contributed by atoms with Gasteiger partial charge in [0.25, 0.3) is 0 Å². The van der Waals surface area contributed by atoms with Gasteiger partial charge in [-0.2, -0.15) is 11.8 Å². The van der Waals surface area contributed by atoms with Crippen LogP contribution < -0.4 is 16.0 Å². The van der Waals surface area contributed by atoms with E-state index in [4.69, 9.17) is 0 Å². The van der Waals surface area contributed by atoms with Crippen LogP contribution in [0.1, 0.15) is 19.8 Å². The summed E-state index contributed by atoms with van der Waals surface area (Å²) in [5.74, 6) is 0.490. The second kappa shape index (κ2) is 13.7. The Morgan fingerprint density at radius 3 is 2.38 bits per heavy atom. The summed E-state index contributed by atoms with van der Waals surface area (Å²) in [4.78, 5) is 33.3. The average Bonchev–Trinajstić information content (AvgIpc) is 2.44. The molecule has 6 nitrogen and oxygen atoms in total. The summed E-state index contributed by atoms with van der Waals surface area (Å²) in [5.41, 5.74) is 0. The molecule has 121 valence electrons. The molecular formula is C13H23FN3O3S. The SMILES string of the molecule is CC(=O)NCCNC(=O)CCSCC(=O)NCC[CH]CF. The monoisotopic (exact) mass is 320 g/mol. The van der Waals surface area contributed by atoms with E-state index in [2.05, 4.69) is 16.0 Å². The number of hydrogen-bond donors (Lipinski definition) is 3. The molecule has 0 aromatic rings. The van der Waals surface area contributed by atoms with Gasteiger partial charge in [0.1, 0.15) is 0 Å². The van der Waals surface area contributed by atoms with E-state index in [-0.39, 0.29) is 23.5 Å². The van der Waals surface area contributed by atoms with E-state index < -0.39 is 6.67 Å². The van der Waals surface area contributed by atoms with Crippen molar-refractivity contribution in [3.63, 3.8) is 0 Å². The summed E-state index contributed by atoms with van der Waals surface area (Å²) in [6.07, 6.45) is 2.30. The molecule has 21 heavy (non-hydrogen) atoms. The molecule has 0 atom stereocenters. The minimum Gasteiger partial charge on any atom is -0.355 e. The predicted molar refractivity (Wildman–Crippen MR) is 81.5 cm³/mol. The molecule has 0 aromatic heterocycles. The van der Waals surface area contributed by atoms with Crippen LogP contribution in [0.3, 0.4) is 0 Å². The quantitative estimate of drug-likeness (QED) is 0.443. The van der Waals surface area contributed by atoms with Crippen LogP contribution in [-0.2, 0) is 14.4 Å². The number of unbranched alkanes of at least 4 members (excludes halogenated alkanes) is 1. The minimum atomic E-state index is -0.484. The van der Waals surface area contributed by atoms with Gasteiger partial charge in [-0.25, -0.2) is 0 Å². The van der Waals surface area contributed by atoms with E-state index in [9.17, 15) is 18.8 Å². The van der Waals surface area contributed by atoms with E-state index >= 15 is 0 Å². The molecule has 0 aromatic carbocycles. The highest BCUT2D eigenvalue weighted by Crippen LogP contribution is 2.01. The van der Waals surface area contributed by atoms with Crippen molar-refractivity contribution in [1.29, 1.82) is 0 Å². The van der Waals surface area contributed by atoms with Gasteiger partial charge in [-0.1, -0.05) is 0 Å². The van der Waals surface area contributed by atoms with Gasteiger partial charge < -0.3 is 16.0 Å².